The Morgan fingerprint density at radius 1 is 1.03 bits per heavy atom. The van der Waals surface area contributed by atoms with E-state index in [-0.39, 0.29) is 24.5 Å². The molecule has 0 aromatic heterocycles. The van der Waals surface area contributed by atoms with Crippen molar-refractivity contribution >= 4 is 11.9 Å². The number of hydrogen-bond acceptors (Lipinski definition) is 5. The standard InChI is InChI=1S/C30H48O5/c1-19(5-10-26(32)35-28(2)15-16-34-27(33)18-28)23-8-9-24-22-7-6-20-17-21(31)11-13-29(20,3)25(22)12-14-30(23,24)4/h19-25,31H,5-18H2,1-4H3. The molecule has 4 aliphatic carbocycles. The molecule has 10 atom stereocenters. The third-order valence-corrected chi connectivity index (χ3v) is 12.0. The van der Waals surface area contributed by atoms with Gasteiger partial charge in [0, 0.05) is 12.8 Å². The van der Waals surface area contributed by atoms with Crippen LogP contribution in [0.4, 0.5) is 0 Å². The molecule has 0 bridgehead atoms. The number of cyclic esters (lactones) is 1. The van der Waals surface area contributed by atoms with Crippen LogP contribution in [-0.4, -0.2) is 35.4 Å². The number of fused-ring (bicyclic) bond motifs is 5. The Morgan fingerprint density at radius 3 is 2.54 bits per heavy atom. The van der Waals surface area contributed by atoms with Crippen LogP contribution in [-0.2, 0) is 19.1 Å². The normalized spacial score (nSPS) is 48.2. The van der Waals surface area contributed by atoms with Crippen molar-refractivity contribution in [3.63, 3.8) is 0 Å². The third kappa shape index (κ3) is 4.57. The number of ether oxygens (including phenoxy) is 2. The topological polar surface area (TPSA) is 72.8 Å². The smallest absolute Gasteiger partial charge is 0.309 e. The molecule has 5 heteroatoms. The molecule has 5 rings (SSSR count). The molecule has 35 heavy (non-hydrogen) atoms. The van der Waals surface area contributed by atoms with Crippen molar-refractivity contribution in [3.8, 4) is 0 Å². The summed E-state index contributed by atoms with van der Waals surface area (Å²) in [4.78, 5) is 24.4. The maximum atomic E-state index is 12.7. The first-order valence-electron chi connectivity index (χ1n) is 14.6. The van der Waals surface area contributed by atoms with Crippen LogP contribution < -0.4 is 0 Å². The van der Waals surface area contributed by atoms with Crippen molar-refractivity contribution in [2.45, 2.75) is 123 Å². The fraction of sp³-hybridized carbons (Fsp3) is 0.933. The summed E-state index contributed by atoms with van der Waals surface area (Å²) in [5, 5.41) is 10.3. The summed E-state index contributed by atoms with van der Waals surface area (Å²) in [6.07, 6.45) is 13.2. The minimum atomic E-state index is -0.706. The van der Waals surface area contributed by atoms with Gasteiger partial charge in [-0.2, -0.15) is 0 Å². The van der Waals surface area contributed by atoms with Gasteiger partial charge in [0.25, 0.3) is 0 Å². The van der Waals surface area contributed by atoms with Crippen molar-refractivity contribution in [1.82, 2.24) is 0 Å². The molecule has 1 saturated heterocycles. The van der Waals surface area contributed by atoms with Crippen molar-refractivity contribution in [1.29, 1.82) is 0 Å². The fourth-order valence-corrected chi connectivity index (χ4v) is 10.00. The summed E-state index contributed by atoms with van der Waals surface area (Å²) >= 11 is 0. The molecule has 1 heterocycles. The molecule has 5 fully saturated rings. The number of carbonyl (C=O) groups excluding carboxylic acids is 2. The number of aliphatic hydroxyl groups excluding tert-OH is 1. The molecule has 0 aromatic carbocycles. The number of rotatable bonds is 5. The van der Waals surface area contributed by atoms with Crippen molar-refractivity contribution in [2.75, 3.05) is 6.61 Å². The van der Waals surface area contributed by atoms with Gasteiger partial charge in [0.1, 0.15) is 5.60 Å². The molecule has 5 nitrogen and oxygen atoms in total. The molecular weight excluding hydrogens is 440 g/mol. The van der Waals surface area contributed by atoms with E-state index in [0.29, 0.717) is 48.0 Å². The summed E-state index contributed by atoms with van der Waals surface area (Å²) in [6.45, 7) is 9.70. The van der Waals surface area contributed by atoms with Crippen molar-refractivity contribution in [3.05, 3.63) is 0 Å². The van der Waals surface area contributed by atoms with Crippen LogP contribution in [0.1, 0.15) is 111 Å². The van der Waals surface area contributed by atoms with Crippen LogP contribution in [0.15, 0.2) is 0 Å². The van der Waals surface area contributed by atoms with E-state index in [1.54, 1.807) is 0 Å². The highest BCUT2D eigenvalue weighted by Gasteiger charge is 2.60. The number of esters is 2. The average Bonchev–Trinajstić information content (AvgIpc) is 3.15. The van der Waals surface area contributed by atoms with E-state index in [4.69, 9.17) is 9.47 Å². The summed E-state index contributed by atoms with van der Waals surface area (Å²) in [6, 6.07) is 0. The molecule has 4 saturated carbocycles. The van der Waals surface area contributed by atoms with Gasteiger partial charge < -0.3 is 14.6 Å². The maximum absolute atomic E-state index is 12.7. The van der Waals surface area contributed by atoms with Gasteiger partial charge in [0.15, 0.2) is 0 Å². The second-order valence-corrected chi connectivity index (χ2v) is 13.9. The second kappa shape index (κ2) is 9.33. The Bertz CT molecular complexity index is 826. The van der Waals surface area contributed by atoms with Gasteiger partial charge in [-0.05, 0) is 117 Å². The first-order valence-corrected chi connectivity index (χ1v) is 14.6. The maximum Gasteiger partial charge on any atom is 0.309 e. The SMILES string of the molecule is CC(CCC(=O)OC1(C)CCOC(=O)C1)C1CCC2C3CCC4CC(O)CCC4(C)C3CCC12C. The average molecular weight is 489 g/mol. The molecule has 0 spiro atoms. The molecule has 1 aliphatic heterocycles. The Morgan fingerprint density at radius 2 is 1.77 bits per heavy atom. The van der Waals surface area contributed by atoms with Gasteiger partial charge in [0.2, 0.25) is 0 Å². The minimum absolute atomic E-state index is 0.0728. The second-order valence-electron chi connectivity index (χ2n) is 13.9. The monoisotopic (exact) mass is 488 g/mol. The largest absolute Gasteiger partial charge is 0.465 e. The van der Waals surface area contributed by atoms with Gasteiger partial charge >= 0.3 is 11.9 Å². The lowest BCUT2D eigenvalue weighted by molar-refractivity contribution is -0.175. The summed E-state index contributed by atoms with van der Waals surface area (Å²) in [5.74, 6) is 3.97. The molecule has 5 aliphatic rings. The van der Waals surface area contributed by atoms with Gasteiger partial charge in [0.05, 0.1) is 19.1 Å². The van der Waals surface area contributed by atoms with E-state index in [1.165, 1.54) is 44.9 Å². The number of aliphatic hydroxyl groups is 1. The summed E-state index contributed by atoms with van der Waals surface area (Å²) in [5.41, 5.74) is 0.113. The van der Waals surface area contributed by atoms with Crippen LogP contribution in [0.25, 0.3) is 0 Å². The van der Waals surface area contributed by atoms with E-state index in [0.717, 1.165) is 37.0 Å². The quantitative estimate of drug-likeness (QED) is 0.476. The van der Waals surface area contributed by atoms with E-state index in [1.807, 2.05) is 6.92 Å². The first kappa shape index (κ1) is 25.5. The number of carbonyl (C=O) groups is 2. The van der Waals surface area contributed by atoms with Crippen molar-refractivity contribution in [2.24, 2.45) is 46.3 Å². The Hall–Kier alpha value is -1.10. The highest BCUT2D eigenvalue weighted by Crippen LogP contribution is 2.68. The van der Waals surface area contributed by atoms with Gasteiger partial charge in [-0.3, -0.25) is 9.59 Å². The Balaban J connectivity index is 1.19. The molecule has 0 amide bonds. The molecular formula is C30H48O5. The highest BCUT2D eigenvalue weighted by atomic mass is 16.6. The molecule has 10 unspecified atom stereocenters. The van der Waals surface area contributed by atoms with Crippen LogP contribution in [0.3, 0.4) is 0 Å². The molecule has 0 aromatic rings. The lowest BCUT2D eigenvalue weighted by Gasteiger charge is -2.61. The third-order valence-electron chi connectivity index (χ3n) is 12.0. The lowest BCUT2D eigenvalue weighted by Crippen LogP contribution is -2.54. The molecule has 0 radical (unpaired) electrons. The van der Waals surface area contributed by atoms with Crippen LogP contribution in [0.2, 0.25) is 0 Å². The van der Waals surface area contributed by atoms with Crippen LogP contribution in [0, 0.1) is 46.3 Å². The first-order chi connectivity index (χ1) is 16.5. The van der Waals surface area contributed by atoms with E-state index in [2.05, 4.69) is 20.8 Å². The minimum Gasteiger partial charge on any atom is -0.465 e. The Kier molecular flexibility index (Phi) is 6.81. The summed E-state index contributed by atoms with van der Waals surface area (Å²) in [7, 11) is 0. The zero-order valence-electron chi connectivity index (χ0n) is 22.5. The summed E-state index contributed by atoms with van der Waals surface area (Å²) < 4.78 is 10.8. The zero-order chi connectivity index (χ0) is 25.0. The molecule has 198 valence electrons. The van der Waals surface area contributed by atoms with Gasteiger partial charge in [-0.25, -0.2) is 0 Å². The number of hydrogen-bond donors (Lipinski definition) is 1. The van der Waals surface area contributed by atoms with Gasteiger partial charge in [-0.1, -0.05) is 20.8 Å². The van der Waals surface area contributed by atoms with Crippen LogP contribution in [0.5, 0.6) is 0 Å². The fourth-order valence-electron chi connectivity index (χ4n) is 10.00. The highest BCUT2D eigenvalue weighted by molar-refractivity contribution is 5.74. The predicted molar refractivity (Wildman–Crippen MR) is 134 cm³/mol. The van der Waals surface area contributed by atoms with Crippen molar-refractivity contribution < 1.29 is 24.2 Å². The van der Waals surface area contributed by atoms with E-state index >= 15 is 0 Å². The Labute approximate surface area is 212 Å². The molecule has 1 N–H and O–H groups in total. The predicted octanol–water partition coefficient (Wildman–Crippen LogP) is 6.06. The zero-order valence-corrected chi connectivity index (χ0v) is 22.5. The van der Waals surface area contributed by atoms with Gasteiger partial charge in [-0.15, -0.1) is 0 Å². The lowest BCUT2D eigenvalue weighted by atomic mass is 9.44. The van der Waals surface area contributed by atoms with E-state index < -0.39 is 5.60 Å². The van der Waals surface area contributed by atoms with Crippen LogP contribution >= 0.6 is 0 Å². The van der Waals surface area contributed by atoms with E-state index in [9.17, 15) is 14.7 Å².